The Kier molecular flexibility index (Phi) is 4.44. The first-order valence-corrected chi connectivity index (χ1v) is 7.79. The molecule has 0 aliphatic carbocycles. The van der Waals surface area contributed by atoms with E-state index in [0.717, 1.165) is 17.5 Å². The van der Waals surface area contributed by atoms with Crippen LogP contribution >= 0.6 is 10.6 Å². The molecule has 20 heavy (non-hydrogen) atoms. The van der Waals surface area contributed by atoms with Crippen molar-refractivity contribution in [2.24, 2.45) is 0 Å². The van der Waals surface area contributed by atoms with Crippen LogP contribution in [0.2, 0.25) is 0 Å². The van der Waals surface area contributed by atoms with Crippen LogP contribution in [0.5, 0.6) is 0 Å². The number of hydrogen-bond donors (Lipinski definition) is 3. The van der Waals surface area contributed by atoms with Crippen molar-refractivity contribution in [2.75, 3.05) is 5.75 Å². The van der Waals surface area contributed by atoms with Gasteiger partial charge in [0, 0.05) is 0 Å². The number of rotatable bonds is 5. The largest absolute Gasteiger partial charge is 0.480 e. The highest BCUT2D eigenvalue weighted by Crippen LogP contribution is 2.47. The fourth-order valence-electron chi connectivity index (χ4n) is 1.91. The fourth-order valence-corrected chi connectivity index (χ4v) is 3.00. The second-order valence-electron chi connectivity index (χ2n) is 4.51. The van der Waals surface area contributed by atoms with Gasteiger partial charge in [-0.05, 0) is 29.7 Å². The van der Waals surface area contributed by atoms with Gasteiger partial charge in [-0.25, -0.2) is 0 Å². The summed E-state index contributed by atoms with van der Waals surface area (Å²) in [5.74, 6) is -1.89. The van der Waals surface area contributed by atoms with Gasteiger partial charge in [0.05, 0.1) is 4.90 Å². The molecule has 106 valence electrons. The Morgan fingerprint density at radius 1 is 0.900 bits per heavy atom. The fraction of sp³-hybridized carbons (Fsp3) is 0.133. The van der Waals surface area contributed by atoms with Crippen molar-refractivity contribution in [2.45, 2.75) is 11.3 Å². The summed E-state index contributed by atoms with van der Waals surface area (Å²) in [5, 5.41) is 8.66. The van der Waals surface area contributed by atoms with Crippen molar-refractivity contribution in [3.05, 3.63) is 65.7 Å². The first kappa shape index (κ1) is 14.6. The van der Waals surface area contributed by atoms with E-state index in [0.29, 0.717) is 0 Å². The van der Waals surface area contributed by atoms with Gasteiger partial charge in [0.15, 0.2) is 0 Å². The van der Waals surface area contributed by atoms with Crippen LogP contribution in [0.15, 0.2) is 59.5 Å². The molecule has 3 N–H and O–H groups in total. The lowest BCUT2D eigenvalue weighted by Gasteiger charge is -2.30. The monoisotopic (exact) mass is 292 g/mol. The van der Waals surface area contributed by atoms with Gasteiger partial charge in [-0.3, -0.25) is 13.9 Å². The van der Waals surface area contributed by atoms with Crippen molar-refractivity contribution in [3.8, 4) is 0 Å². The van der Waals surface area contributed by atoms with Crippen LogP contribution < -0.4 is 0 Å². The van der Waals surface area contributed by atoms with Gasteiger partial charge in [-0.15, -0.1) is 0 Å². The number of benzene rings is 2. The lowest BCUT2D eigenvalue weighted by atomic mass is 10.1. The molecule has 2 aromatic rings. The van der Waals surface area contributed by atoms with Crippen LogP contribution in [0.1, 0.15) is 11.1 Å². The number of aliphatic carboxylic acids is 1. The summed E-state index contributed by atoms with van der Waals surface area (Å²) in [6.45, 7) is 0. The normalized spacial score (nSPS) is 12.1. The average molecular weight is 292 g/mol. The van der Waals surface area contributed by atoms with E-state index in [4.69, 9.17) is 5.11 Å². The Labute approximate surface area is 119 Å². The number of carboxylic acids is 1. The highest BCUT2D eigenvalue weighted by Gasteiger charge is 2.19. The lowest BCUT2D eigenvalue weighted by Crippen LogP contribution is -2.12. The second-order valence-corrected chi connectivity index (χ2v) is 6.60. The predicted octanol–water partition coefficient (Wildman–Crippen LogP) is 3.47. The molecule has 0 spiro atoms. The standard InChI is InChI=1S/C15H16O4S/c16-15(17)11-20(18,19)14-8-6-13(7-9-14)10-12-4-2-1-3-5-12/h1-9,18-19H,10-11H2,(H,16,17). The third kappa shape index (κ3) is 3.84. The van der Waals surface area contributed by atoms with Crippen LogP contribution in [-0.4, -0.2) is 25.9 Å². The summed E-state index contributed by atoms with van der Waals surface area (Å²) in [6.07, 6.45) is 0.749. The highest BCUT2D eigenvalue weighted by molar-refractivity contribution is 8.24. The van der Waals surface area contributed by atoms with Crippen molar-refractivity contribution in [1.82, 2.24) is 0 Å². The molecule has 0 saturated carbocycles. The Morgan fingerprint density at radius 3 is 2.00 bits per heavy atom. The topological polar surface area (TPSA) is 77.8 Å². The van der Waals surface area contributed by atoms with E-state index in [1.807, 2.05) is 30.3 Å². The van der Waals surface area contributed by atoms with Gasteiger partial charge in [0.2, 0.25) is 0 Å². The second kappa shape index (κ2) is 6.09. The molecule has 0 heterocycles. The third-order valence-corrected chi connectivity index (χ3v) is 4.55. The zero-order valence-electron chi connectivity index (χ0n) is 10.8. The molecule has 0 amide bonds. The van der Waals surface area contributed by atoms with E-state index in [2.05, 4.69) is 0 Å². The highest BCUT2D eigenvalue weighted by atomic mass is 32.3. The predicted molar refractivity (Wildman–Crippen MR) is 79.3 cm³/mol. The molecule has 0 fully saturated rings. The minimum Gasteiger partial charge on any atom is -0.480 e. The van der Waals surface area contributed by atoms with Crippen molar-refractivity contribution >= 4 is 16.6 Å². The SMILES string of the molecule is O=C(O)CS(O)(O)c1ccc(Cc2ccccc2)cc1. The molecule has 0 unspecified atom stereocenters. The maximum Gasteiger partial charge on any atom is 0.323 e. The summed E-state index contributed by atoms with van der Waals surface area (Å²) in [5.41, 5.74) is 2.20. The molecule has 0 atom stereocenters. The lowest BCUT2D eigenvalue weighted by molar-refractivity contribution is -0.134. The molecule has 0 aromatic heterocycles. The zero-order valence-corrected chi connectivity index (χ0v) is 11.6. The van der Waals surface area contributed by atoms with E-state index in [9.17, 15) is 13.9 Å². The van der Waals surface area contributed by atoms with Gasteiger partial charge < -0.3 is 5.11 Å². The van der Waals surface area contributed by atoms with E-state index in [1.165, 1.54) is 0 Å². The first-order chi connectivity index (χ1) is 9.47. The van der Waals surface area contributed by atoms with E-state index in [1.54, 1.807) is 24.3 Å². The third-order valence-electron chi connectivity index (χ3n) is 2.88. The molecule has 2 aromatic carbocycles. The molecule has 0 aliphatic heterocycles. The van der Waals surface area contributed by atoms with Gasteiger partial charge in [0.1, 0.15) is 5.75 Å². The molecular weight excluding hydrogens is 276 g/mol. The molecule has 0 saturated heterocycles. The van der Waals surface area contributed by atoms with Crippen molar-refractivity contribution in [1.29, 1.82) is 0 Å². The van der Waals surface area contributed by atoms with Gasteiger partial charge in [0.25, 0.3) is 0 Å². The minimum atomic E-state index is -3.25. The van der Waals surface area contributed by atoms with Crippen molar-refractivity contribution in [3.63, 3.8) is 0 Å². The Morgan fingerprint density at radius 2 is 1.45 bits per heavy atom. The maximum absolute atomic E-state index is 10.6. The number of carboxylic acid groups (broad SMARTS) is 1. The molecule has 0 bridgehead atoms. The summed E-state index contributed by atoms with van der Waals surface area (Å²) in [4.78, 5) is 10.9. The summed E-state index contributed by atoms with van der Waals surface area (Å²) < 4.78 is 19.6. The Bertz CT molecular complexity index is 579. The van der Waals surface area contributed by atoms with Crippen LogP contribution in [0.25, 0.3) is 0 Å². The van der Waals surface area contributed by atoms with Crippen molar-refractivity contribution < 1.29 is 19.0 Å². The number of carbonyl (C=O) groups is 1. The Hall–Kier alpha value is -1.82. The smallest absolute Gasteiger partial charge is 0.323 e. The van der Waals surface area contributed by atoms with Crippen LogP contribution in [0, 0.1) is 0 Å². The van der Waals surface area contributed by atoms with Crippen LogP contribution in [0.3, 0.4) is 0 Å². The molecular formula is C15H16O4S. The van der Waals surface area contributed by atoms with Gasteiger partial charge >= 0.3 is 5.97 Å². The van der Waals surface area contributed by atoms with E-state index in [-0.39, 0.29) is 4.90 Å². The molecule has 2 rings (SSSR count). The number of hydrogen-bond acceptors (Lipinski definition) is 3. The molecule has 4 nitrogen and oxygen atoms in total. The quantitative estimate of drug-likeness (QED) is 0.788. The van der Waals surface area contributed by atoms with E-state index >= 15 is 0 Å². The minimum absolute atomic E-state index is 0.261. The molecule has 0 radical (unpaired) electrons. The van der Waals surface area contributed by atoms with Gasteiger partial charge in [-0.2, -0.15) is 10.6 Å². The summed E-state index contributed by atoms with van der Waals surface area (Å²) in [6, 6.07) is 16.7. The first-order valence-electron chi connectivity index (χ1n) is 6.08. The Balaban J connectivity index is 2.12. The molecule has 0 aliphatic rings. The zero-order chi connectivity index (χ0) is 14.6. The average Bonchev–Trinajstić information content (AvgIpc) is 2.39. The maximum atomic E-state index is 10.6. The summed E-state index contributed by atoms with van der Waals surface area (Å²) >= 11 is 0. The van der Waals surface area contributed by atoms with Crippen LogP contribution in [-0.2, 0) is 11.2 Å². The molecule has 5 heteroatoms. The van der Waals surface area contributed by atoms with Gasteiger partial charge in [-0.1, -0.05) is 42.5 Å². The summed E-state index contributed by atoms with van der Waals surface area (Å²) in [7, 11) is -3.25. The van der Waals surface area contributed by atoms with E-state index < -0.39 is 22.3 Å². The van der Waals surface area contributed by atoms with Crippen LogP contribution in [0.4, 0.5) is 0 Å².